The summed E-state index contributed by atoms with van der Waals surface area (Å²) >= 11 is 0. The highest BCUT2D eigenvalue weighted by Gasteiger charge is 2.28. The van der Waals surface area contributed by atoms with Crippen molar-refractivity contribution in [3.63, 3.8) is 0 Å². The van der Waals surface area contributed by atoms with Gasteiger partial charge < -0.3 is 10.6 Å². The first-order valence-corrected chi connectivity index (χ1v) is 9.67. The number of hydrogen-bond acceptors (Lipinski definition) is 4. The highest BCUT2D eigenvalue weighted by atomic mass is 15.3. The summed E-state index contributed by atoms with van der Waals surface area (Å²) in [5.74, 6) is 0. The fourth-order valence-electron chi connectivity index (χ4n) is 3.92. The van der Waals surface area contributed by atoms with E-state index in [9.17, 15) is 0 Å². The molecule has 0 radical (unpaired) electrons. The Bertz CT molecular complexity index is 469. The van der Waals surface area contributed by atoms with Crippen LogP contribution in [0.1, 0.15) is 45.7 Å². The molecule has 0 saturated carbocycles. The Morgan fingerprint density at radius 2 is 1.79 bits per heavy atom. The normalized spacial score (nSPS) is 21.0. The minimum absolute atomic E-state index is 0.335. The molecule has 1 aliphatic heterocycles. The van der Waals surface area contributed by atoms with Crippen LogP contribution in [0.4, 0.5) is 5.69 Å². The Kier molecular flexibility index (Phi) is 7.53. The number of benzene rings is 1. The van der Waals surface area contributed by atoms with Crippen LogP contribution in [0.15, 0.2) is 24.3 Å². The van der Waals surface area contributed by atoms with Crippen molar-refractivity contribution in [1.82, 2.24) is 9.80 Å². The monoisotopic (exact) mass is 332 g/mol. The van der Waals surface area contributed by atoms with Gasteiger partial charge in [0.1, 0.15) is 0 Å². The highest BCUT2D eigenvalue weighted by molar-refractivity contribution is 5.47. The summed E-state index contributed by atoms with van der Waals surface area (Å²) in [5, 5.41) is 0. The minimum Gasteiger partial charge on any atom is -0.372 e. The molecule has 2 rings (SSSR count). The maximum atomic E-state index is 6.16. The number of piperazine rings is 1. The Labute approximate surface area is 148 Å². The molecule has 1 heterocycles. The molecule has 0 aliphatic carbocycles. The summed E-state index contributed by atoms with van der Waals surface area (Å²) in [7, 11) is 0. The molecule has 1 aliphatic rings. The van der Waals surface area contributed by atoms with Gasteiger partial charge in [0.05, 0.1) is 0 Å². The molecule has 2 atom stereocenters. The zero-order chi connectivity index (χ0) is 17.5. The maximum absolute atomic E-state index is 6.16. The molecule has 2 unspecified atom stereocenters. The first-order valence-electron chi connectivity index (χ1n) is 9.67. The van der Waals surface area contributed by atoms with Crippen molar-refractivity contribution in [2.45, 2.75) is 46.2 Å². The lowest BCUT2D eigenvalue weighted by Gasteiger charge is -2.43. The van der Waals surface area contributed by atoms with Gasteiger partial charge in [0.2, 0.25) is 0 Å². The zero-order valence-electron chi connectivity index (χ0n) is 16.0. The largest absolute Gasteiger partial charge is 0.372 e. The fourth-order valence-corrected chi connectivity index (χ4v) is 3.92. The lowest BCUT2D eigenvalue weighted by atomic mass is 10.0. The van der Waals surface area contributed by atoms with Crippen molar-refractivity contribution in [3.05, 3.63) is 29.8 Å². The molecule has 24 heavy (non-hydrogen) atoms. The number of anilines is 1. The van der Waals surface area contributed by atoms with Crippen molar-refractivity contribution < 1.29 is 0 Å². The van der Waals surface area contributed by atoms with Crippen molar-refractivity contribution in [2.75, 3.05) is 50.7 Å². The molecule has 1 aromatic rings. The van der Waals surface area contributed by atoms with Crippen LogP contribution < -0.4 is 10.6 Å². The van der Waals surface area contributed by atoms with Gasteiger partial charge in [0.15, 0.2) is 0 Å². The fraction of sp³-hybridized carbons (Fsp3) is 0.700. The van der Waals surface area contributed by atoms with Crippen LogP contribution in [0.5, 0.6) is 0 Å². The van der Waals surface area contributed by atoms with Crippen LogP contribution in [0, 0.1) is 0 Å². The van der Waals surface area contributed by atoms with Crippen LogP contribution in [-0.4, -0.2) is 61.7 Å². The van der Waals surface area contributed by atoms with Gasteiger partial charge in [0, 0.05) is 57.0 Å². The second-order valence-electron chi connectivity index (χ2n) is 6.90. The smallest absolute Gasteiger partial charge is 0.0471 e. The number of rotatable bonds is 8. The maximum Gasteiger partial charge on any atom is 0.0471 e. The van der Waals surface area contributed by atoms with E-state index in [2.05, 4.69) is 66.7 Å². The van der Waals surface area contributed by atoms with Crippen LogP contribution in [0.25, 0.3) is 0 Å². The molecule has 1 fully saturated rings. The topological polar surface area (TPSA) is 35.7 Å². The van der Waals surface area contributed by atoms with E-state index < -0.39 is 0 Å². The third-order valence-corrected chi connectivity index (χ3v) is 5.38. The summed E-state index contributed by atoms with van der Waals surface area (Å²) < 4.78 is 0. The van der Waals surface area contributed by atoms with E-state index in [1.807, 2.05) is 0 Å². The second kappa shape index (κ2) is 9.40. The highest BCUT2D eigenvalue weighted by Crippen LogP contribution is 2.25. The number of nitrogens with zero attached hydrogens (tertiary/aromatic N) is 3. The van der Waals surface area contributed by atoms with Gasteiger partial charge in [-0.05, 0) is 51.4 Å². The van der Waals surface area contributed by atoms with E-state index in [4.69, 9.17) is 5.73 Å². The Hall–Kier alpha value is -1.10. The van der Waals surface area contributed by atoms with E-state index in [1.54, 1.807) is 0 Å². The number of nitrogens with two attached hydrogens (primary N) is 1. The molecule has 136 valence electrons. The van der Waals surface area contributed by atoms with E-state index in [0.717, 1.165) is 32.7 Å². The average molecular weight is 333 g/mol. The van der Waals surface area contributed by atoms with E-state index in [0.29, 0.717) is 18.6 Å². The van der Waals surface area contributed by atoms with E-state index in [-0.39, 0.29) is 0 Å². The third kappa shape index (κ3) is 4.50. The molecule has 0 aromatic heterocycles. The molecule has 2 N–H and O–H groups in total. The van der Waals surface area contributed by atoms with Crippen LogP contribution in [0.3, 0.4) is 0 Å². The van der Waals surface area contributed by atoms with Gasteiger partial charge in [-0.15, -0.1) is 0 Å². The molecule has 0 amide bonds. The Morgan fingerprint density at radius 1 is 1.12 bits per heavy atom. The quantitative estimate of drug-likeness (QED) is 0.794. The summed E-state index contributed by atoms with van der Waals surface area (Å²) in [4.78, 5) is 7.56. The summed E-state index contributed by atoms with van der Waals surface area (Å²) in [6.07, 6.45) is 1.23. The van der Waals surface area contributed by atoms with Gasteiger partial charge in [-0.3, -0.25) is 9.80 Å². The first-order chi connectivity index (χ1) is 11.6. The third-order valence-electron chi connectivity index (χ3n) is 5.38. The standard InChI is InChI=1S/C20H36N4/c1-5-12-23-13-14-24(16-17(23)4)20(15-21)18-8-10-19(11-9-18)22(6-2)7-3/h8-11,17,20H,5-7,12-16,21H2,1-4H3. The molecule has 4 nitrogen and oxygen atoms in total. The second-order valence-corrected chi connectivity index (χ2v) is 6.90. The van der Waals surface area contributed by atoms with Crippen LogP contribution in [-0.2, 0) is 0 Å². The molecule has 0 bridgehead atoms. The lowest BCUT2D eigenvalue weighted by molar-refractivity contribution is 0.0572. The average Bonchev–Trinajstić information content (AvgIpc) is 2.60. The van der Waals surface area contributed by atoms with Gasteiger partial charge in [-0.2, -0.15) is 0 Å². The Balaban J connectivity index is 2.06. The summed E-state index contributed by atoms with van der Waals surface area (Å²) in [6, 6.07) is 10.00. The van der Waals surface area contributed by atoms with Crippen LogP contribution >= 0.6 is 0 Å². The molecule has 1 saturated heterocycles. The van der Waals surface area contributed by atoms with Gasteiger partial charge in [-0.25, -0.2) is 0 Å². The van der Waals surface area contributed by atoms with E-state index >= 15 is 0 Å². The Morgan fingerprint density at radius 3 is 2.29 bits per heavy atom. The number of hydrogen-bond donors (Lipinski definition) is 1. The lowest BCUT2D eigenvalue weighted by Crippen LogP contribution is -2.53. The van der Waals surface area contributed by atoms with Crippen molar-refractivity contribution in [3.8, 4) is 0 Å². The van der Waals surface area contributed by atoms with Gasteiger partial charge in [-0.1, -0.05) is 19.1 Å². The summed E-state index contributed by atoms with van der Waals surface area (Å²) in [5.41, 5.74) is 8.82. The summed E-state index contributed by atoms with van der Waals surface area (Å²) in [6.45, 7) is 16.4. The zero-order valence-corrected chi connectivity index (χ0v) is 16.0. The van der Waals surface area contributed by atoms with Crippen molar-refractivity contribution in [2.24, 2.45) is 5.73 Å². The SMILES string of the molecule is CCCN1CCN(C(CN)c2ccc(N(CC)CC)cc2)CC1C. The molecule has 0 spiro atoms. The van der Waals surface area contributed by atoms with Gasteiger partial charge >= 0.3 is 0 Å². The molecule has 1 aromatic carbocycles. The van der Waals surface area contributed by atoms with Crippen molar-refractivity contribution >= 4 is 5.69 Å². The molecular formula is C20H36N4. The predicted molar refractivity (Wildman–Crippen MR) is 105 cm³/mol. The predicted octanol–water partition coefficient (Wildman–Crippen LogP) is 2.95. The minimum atomic E-state index is 0.335. The van der Waals surface area contributed by atoms with Crippen LogP contribution in [0.2, 0.25) is 0 Å². The molecular weight excluding hydrogens is 296 g/mol. The molecule has 4 heteroatoms. The van der Waals surface area contributed by atoms with E-state index in [1.165, 1.54) is 24.2 Å². The first kappa shape index (κ1) is 19.2. The van der Waals surface area contributed by atoms with Gasteiger partial charge in [0.25, 0.3) is 0 Å². The van der Waals surface area contributed by atoms with Crippen molar-refractivity contribution in [1.29, 1.82) is 0 Å².